The lowest BCUT2D eigenvalue weighted by Gasteiger charge is -2.09. The SMILES string of the molecule is Oc1ccccc1-c1ccc2ccc3ccc(-c4ccc5ccccc5c4)nc3c2n1. The molecule has 4 aromatic carbocycles. The number of hydrogen-bond donors (Lipinski definition) is 1. The van der Waals surface area contributed by atoms with Crippen LogP contribution in [0.4, 0.5) is 0 Å². The third kappa shape index (κ3) is 2.99. The van der Waals surface area contributed by atoms with Crippen LogP contribution in [-0.4, -0.2) is 15.1 Å². The second-order valence-electron chi connectivity index (χ2n) is 7.68. The lowest BCUT2D eigenvalue weighted by atomic mass is 10.0. The van der Waals surface area contributed by atoms with Gasteiger partial charge in [-0.2, -0.15) is 0 Å². The Morgan fingerprint density at radius 2 is 1.06 bits per heavy atom. The van der Waals surface area contributed by atoms with E-state index in [4.69, 9.17) is 9.97 Å². The number of pyridine rings is 2. The number of aromatic nitrogens is 2. The normalized spacial score (nSPS) is 11.4. The summed E-state index contributed by atoms with van der Waals surface area (Å²) >= 11 is 0. The smallest absolute Gasteiger partial charge is 0.124 e. The molecule has 0 radical (unpaired) electrons. The third-order valence-electron chi connectivity index (χ3n) is 5.74. The minimum absolute atomic E-state index is 0.222. The lowest BCUT2D eigenvalue weighted by Crippen LogP contribution is -1.91. The first-order valence-electron chi connectivity index (χ1n) is 10.2. The first kappa shape index (κ1) is 17.6. The van der Waals surface area contributed by atoms with E-state index in [1.807, 2.05) is 30.3 Å². The molecule has 0 spiro atoms. The fourth-order valence-electron chi connectivity index (χ4n) is 4.12. The molecule has 1 N–H and O–H groups in total. The van der Waals surface area contributed by atoms with Gasteiger partial charge in [0.25, 0.3) is 0 Å². The molecule has 0 saturated heterocycles. The van der Waals surface area contributed by atoms with E-state index in [1.54, 1.807) is 6.07 Å². The average Bonchev–Trinajstić information content (AvgIpc) is 2.83. The van der Waals surface area contributed by atoms with Crippen molar-refractivity contribution in [2.75, 3.05) is 0 Å². The largest absolute Gasteiger partial charge is 0.507 e. The minimum atomic E-state index is 0.222. The van der Waals surface area contributed by atoms with Crippen LogP contribution in [0.1, 0.15) is 0 Å². The number of phenolic OH excluding ortho intramolecular Hbond substituents is 1. The first-order valence-corrected chi connectivity index (χ1v) is 10.2. The van der Waals surface area contributed by atoms with Crippen molar-refractivity contribution in [3.8, 4) is 28.3 Å². The summed E-state index contributed by atoms with van der Waals surface area (Å²) in [7, 11) is 0. The number of hydrogen-bond acceptors (Lipinski definition) is 3. The van der Waals surface area contributed by atoms with Crippen molar-refractivity contribution >= 4 is 32.6 Å². The number of aromatic hydroxyl groups is 1. The van der Waals surface area contributed by atoms with Crippen LogP contribution in [0.2, 0.25) is 0 Å². The number of phenols is 1. The molecule has 2 aromatic heterocycles. The molecule has 0 aliphatic carbocycles. The standard InChI is InChI=1S/C28H18N2O/c31-26-8-4-3-7-23(26)25-16-14-20-11-10-19-13-15-24(29-27(19)28(20)30-25)22-12-9-18-5-1-2-6-21(18)17-22/h1-17,31H. The average molecular weight is 398 g/mol. The van der Waals surface area contributed by atoms with Crippen molar-refractivity contribution in [2.45, 2.75) is 0 Å². The molecule has 3 nitrogen and oxygen atoms in total. The van der Waals surface area contributed by atoms with E-state index < -0.39 is 0 Å². The summed E-state index contributed by atoms with van der Waals surface area (Å²) in [6, 6.07) is 34.3. The summed E-state index contributed by atoms with van der Waals surface area (Å²) in [4.78, 5) is 9.91. The number of rotatable bonds is 2. The molecule has 0 aliphatic heterocycles. The van der Waals surface area contributed by atoms with Gasteiger partial charge < -0.3 is 5.11 Å². The molecule has 0 aliphatic rings. The van der Waals surface area contributed by atoms with Crippen molar-refractivity contribution in [1.82, 2.24) is 9.97 Å². The van der Waals surface area contributed by atoms with Gasteiger partial charge in [0, 0.05) is 21.9 Å². The molecule has 0 saturated carbocycles. The molecule has 0 bridgehead atoms. The zero-order chi connectivity index (χ0) is 20.8. The first-order chi connectivity index (χ1) is 15.3. The quantitative estimate of drug-likeness (QED) is 0.320. The Morgan fingerprint density at radius 1 is 0.484 bits per heavy atom. The van der Waals surface area contributed by atoms with Crippen LogP contribution in [0.25, 0.3) is 55.1 Å². The Morgan fingerprint density at radius 3 is 1.84 bits per heavy atom. The van der Waals surface area contributed by atoms with E-state index in [0.717, 1.165) is 38.8 Å². The summed E-state index contributed by atoms with van der Waals surface area (Å²) in [5.41, 5.74) is 5.14. The summed E-state index contributed by atoms with van der Waals surface area (Å²) < 4.78 is 0. The van der Waals surface area contributed by atoms with E-state index in [1.165, 1.54) is 10.8 Å². The molecular formula is C28H18N2O. The second kappa shape index (κ2) is 6.92. The van der Waals surface area contributed by atoms with Crippen molar-refractivity contribution in [3.05, 3.63) is 103 Å². The van der Waals surface area contributed by atoms with Gasteiger partial charge >= 0.3 is 0 Å². The van der Waals surface area contributed by atoms with Gasteiger partial charge in [0.05, 0.1) is 22.4 Å². The number of nitrogens with zero attached hydrogens (tertiary/aromatic N) is 2. The molecule has 0 atom stereocenters. The van der Waals surface area contributed by atoms with Crippen LogP contribution < -0.4 is 0 Å². The highest BCUT2D eigenvalue weighted by Crippen LogP contribution is 2.32. The molecule has 0 unspecified atom stereocenters. The van der Waals surface area contributed by atoms with Crippen molar-refractivity contribution in [2.24, 2.45) is 0 Å². The van der Waals surface area contributed by atoms with Gasteiger partial charge in [0.1, 0.15) is 5.75 Å². The lowest BCUT2D eigenvalue weighted by molar-refractivity contribution is 0.477. The summed E-state index contributed by atoms with van der Waals surface area (Å²) in [5, 5.41) is 14.7. The highest BCUT2D eigenvalue weighted by molar-refractivity contribution is 6.04. The Kier molecular flexibility index (Phi) is 3.93. The van der Waals surface area contributed by atoms with E-state index in [0.29, 0.717) is 5.56 Å². The molecule has 3 heteroatoms. The molecule has 2 heterocycles. The second-order valence-corrected chi connectivity index (χ2v) is 7.68. The van der Waals surface area contributed by atoms with Gasteiger partial charge in [-0.05, 0) is 41.1 Å². The van der Waals surface area contributed by atoms with Crippen LogP contribution >= 0.6 is 0 Å². The molecule has 146 valence electrons. The topological polar surface area (TPSA) is 46.0 Å². The van der Waals surface area contributed by atoms with Gasteiger partial charge in [-0.15, -0.1) is 0 Å². The fourth-order valence-corrected chi connectivity index (χ4v) is 4.12. The Balaban J connectivity index is 1.57. The van der Waals surface area contributed by atoms with Crippen molar-refractivity contribution < 1.29 is 5.11 Å². The molecular weight excluding hydrogens is 380 g/mol. The Labute approximate surface area is 179 Å². The van der Waals surface area contributed by atoms with Crippen LogP contribution in [0.3, 0.4) is 0 Å². The fraction of sp³-hybridized carbons (Fsp3) is 0. The van der Waals surface area contributed by atoms with Crippen LogP contribution in [0.15, 0.2) is 103 Å². The molecule has 0 fully saturated rings. The highest BCUT2D eigenvalue weighted by Gasteiger charge is 2.10. The van der Waals surface area contributed by atoms with E-state index >= 15 is 0 Å². The maximum atomic E-state index is 10.3. The van der Waals surface area contributed by atoms with Gasteiger partial charge in [-0.1, -0.05) is 72.8 Å². The zero-order valence-electron chi connectivity index (χ0n) is 16.7. The maximum absolute atomic E-state index is 10.3. The van der Waals surface area contributed by atoms with Crippen LogP contribution in [0, 0.1) is 0 Å². The zero-order valence-corrected chi connectivity index (χ0v) is 16.7. The summed E-state index contributed by atoms with van der Waals surface area (Å²) in [6.45, 7) is 0. The van der Waals surface area contributed by atoms with E-state index in [-0.39, 0.29) is 5.75 Å². The van der Waals surface area contributed by atoms with Gasteiger partial charge in [-0.25, -0.2) is 9.97 Å². The molecule has 6 rings (SSSR count). The Bertz CT molecular complexity index is 1600. The molecule has 31 heavy (non-hydrogen) atoms. The number of para-hydroxylation sites is 1. The van der Waals surface area contributed by atoms with E-state index in [9.17, 15) is 5.11 Å². The number of fused-ring (bicyclic) bond motifs is 4. The molecule has 6 aromatic rings. The van der Waals surface area contributed by atoms with Crippen molar-refractivity contribution in [1.29, 1.82) is 0 Å². The maximum Gasteiger partial charge on any atom is 0.124 e. The summed E-state index contributed by atoms with van der Waals surface area (Å²) in [6.07, 6.45) is 0. The third-order valence-corrected chi connectivity index (χ3v) is 5.74. The van der Waals surface area contributed by atoms with Crippen LogP contribution in [0.5, 0.6) is 5.75 Å². The van der Waals surface area contributed by atoms with Gasteiger partial charge in [-0.3, -0.25) is 0 Å². The van der Waals surface area contributed by atoms with Crippen LogP contribution in [-0.2, 0) is 0 Å². The highest BCUT2D eigenvalue weighted by atomic mass is 16.3. The predicted octanol–water partition coefficient (Wildman–Crippen LogP) is 6.98. The molecule has 0 amide bonds. The van der Waals surface area contributed by atoms with E-state index in [2.05, 4.69) is 66.7 Å². The number of benzene rings is 4. The summed E-state index contributed by atoms with van der Waals surface area (Å²) in [5.74, 6) is 0.222. The van der Waals surface area contributed by atoms with Gasteiger partial charge in [0.15, 0.2) is 0 Å². The Hall–Kier alpha value is -4.24. The monoisotopic (exact) mass is 398 g/mol. The van der Waals surface area contributed by atoms with Gasteiger partial charge in [0.2, 0.25) is 0 Å². The predicted molar refractivity (Wildman–Crippen MR) is 127 cm³/mol. The minimum Gasteiger partial charge on any atom is -0.507 e. The van der Waals surface area contributed by atoms with Crippen molar-refractivity contribution in [3.63, 3.8) is 0 Å².